The predicted molar refractivity (Wildman–Crippen MR) is 117 cm³/mol. The fraction of sp³-hybridized carbons (Fsp3) is 0.520. The molecular formula is C25H32O7. The summed E-state index contributed by atoms with van der Waals surface area (Å²) < 4.78 is 11.7. The third kappa shape index (κ3) is 4.98. The second-order valence-corrected chi connectivity index (χ2v) is 8.96. The standard InChI is InChI=1S/C25H32O7/c1-14-2-5-16(25-24(30)23(29)22(28)21(13-26)32-25)11-17(14)10-15-3-7-19(8-4-15)31-20-9-6-18(27)12-20/h2-5,7-8,11,18,20-30H,6,9-10,12-13H2,1H3/t18-,20?,21+,22+,23-,24+,25-/m0/s1. The van der Waals surface area contributed by atoms with E-state index in [1.807, 2.05) is 49.4 Å². The highest BCUT2D eigenvalue weighted by molar-refractivity contribution is 5.38. The molecule has 7 atom stereocenters. The van der Waals surface area contributed by atoms with Crippen LogP contribution in [0.4, 0.5) is 0 Å². The Morgan fingerprint density at radius 3 is 2.34 bits per heavy atom. The van der Waals surface area contributed by atoms with Gasteiger partial charge < -0.3 is 35.0 Å². The molecule has 1 unspecified atom stereocenters. The van der Waals surface area contributed by atoms with E-state index < -0.39 is 37.1 Å². The van der Waals surface area contributed by atoms with Crippen molar-refractivity contribution in [2.24, 2.45) is 0 Å². The first kappa shape index (κ1) is 23.2. The van der Waals surface area contributed by atoms with Crippen molar-refractivity contribution in [2.75, 3.05) is 6.61 Å². The van der Waals surface area contributed by atoms with E-state index in [2.05, 4.69) is 0 Å². The molecule has 4 rings (SSSR count). The maximum atomic E-state index is 10.4. The lowest BCUT2D eigenvalue weighted by molar-refractivity contribution is -0.231. The summed E-state index contributed by atoms with van der Waals surface area (Å²) in [7, 11) is 0. The Morgan fingerprint density at radius 1 is 0.938 bits per heavy atom. The molecule has 0 aromatic heterocycles. The quantitative estimate of drug-likeness (QED) is 0.457. The van der Waals surface area contributed by atoms with Crippen molar-refractivity contribution < 1.29 is 35.0 Å². The molecule has 1 saturated carbocycles. The number of aliphatic hydroxyl groups is 5. The largest absolute Gasteiger partial charge is 0.490 e. The van der Waals surface area contributed by atoms with Gasteiger partial charge in [-0.2, -0.15) is 0 Å². The second kappa shape index (κ2) is 9.87. The SMILES string of the molecule is Cc1ccc([C@@H]2O[C@H](CO)[C@@H](O)[C@H](O)[C@H]2O)cc1Cc1ccc(OC2CC[C@H](O)C2)cc1. The van der Waals surface area contributed by atoms with Crippen molar-refractivity contribution in [3.63, 3.8) is 0 Å². The monoisotopic (exact) mass is 444 g/mol. The van der Waals surface area contributed by atoms with Crippen LogP contribution < -0.4 is 4.74 Å². The van der Waals surface area contributed by atoms with E-state index in [4.69, 9.17) is 9.47 Å². The van der Waals surface area contributed by atoms with Gasteiger partial charge in [-0.15, -0.1) is 0 Å². The zero-order valence-electron chi connectivity index (χ0n) is 18.2. The fourth-order valence-corrected chi connectivity index (χ4v) is 4.56. The van der Waals surface area contributed by atoms with Crippen molar-refractivity contribution in [1.29, 1.82) is 0 Å². The summed E-state index contributed by atoms with van der Waals surface area (Å²) in [5, 5.41) is 49.7. The van der Waals surface area contributed by atoms with Gasteiger partial charge in [0.1, 0.15) is 42.4 Å². The molecule has 0 radical (unpaired) electrons. The summed E-state index contributed by atoms with van der Waals surface area (Å²) in [6.45, 7) is 1.56. The van der Waals surface area contributed by atoms with Crippen LogP contribution in [0.25, 0.3) is 0 Å². The molecule has 7 heteroatoms. The minimum absolute atomic E-state index is 0.0633. The first-order chi connectivity index (χ1) is 15.4. The van der Waals surface area contributed by atoms with Gasteiger partial charge >= 0.3 is 0 Å². The molecule has 2 fully saturated rings. The number of benzene rings is 2. The first-order valence-corrected chi connectivity index (χ1v) is 11.2. The van der Waals surface area contributed by atoms with E-state index in [9.17, 15) is 25.5 Å². The molecule has 0 bridgehead atoms. The highest BCUT2D eigenvalue weighted by Crippen LogP contribution is 2.33. The summed E-state index contributed by atoms with van der Waals surface area (Å²) in [6, 6.07) is 13.6. The highest BCUT2D eigenvalue weighted by Gasteiger charge is 2.44. The first-order valence-electron chi connectivity index (χ1n) is 11.2. The Hall–Kier alpha value is -2.00. The molecule has 5 N–H and O–H groups in total. The van der Waals surface area contributed by atoms with Crippen LogP contribution in [0, 0.1) is 6.92 Å². The number of aliphatic hydroxyl groups excluding tert-OH is 5. The summed E-state index contributed by atoms with van der Waals surface area (Å²) in [6.07, 6.45) is -3.06. The van der Waals surface area contributed by atoms with E-state index in [1.54, 1.807) is 0 Å². The summed E-state index contributed by atoms with van der Waals surface area (Å²) in [4.78, 5) is 0. The van der Waals surface area contributed by atoms with Crippen LogP contribution in [-0.2, 0) is 11.2 Å². The molecule has 2 aromatic carbocycles. The summed E-state index contributed by atoms with van der Waals surface area (Å²) >= 11 is 0. The van der Waals surface area contributed by atoms with Gasteiger partial charge in [-0.05, 0) is 60.6 Å². The van der Waals surface area contributed by atoms with Crippen molar-refractivity contribution in [1.82, 2.24) is 0 Å². The molecule has 1 saturated heterocycles. The number of hydrogen-bond donors (Lipinski definition) is 5. The minimum atomic E-state index is -1.40. The van der Waals surface area contributed by atoms with E-state index in [1.165, 1.54) is 0 Å². The Balaban J connectivity index is 1.47. The van der Waals surface area contributed by atoms with E-state index >= 15 is 0 Å². The van der Waals surface area contributed by atoms with Crippen molar-refractivity contribution in [3.8, 4) is 5.75 Å². The van der Waals surface area contributed by atoms with Crippen LogP contribution in [0.1, 0.15) is 47.6 Å². The molecule has 0 amide bonds. The van der Waals surface area contributed by atoms with Gasteiger partial charge in [-0.25, -0.2) is 0 Å². The van der Waals surface area contributed by atoms with Gasteiger partial charge in [0.2, 0.25) is 0 Å². The molecule has 174 valence electrons. The maximum Gasteiger partial charge on any atom is 0.119 e. The van der Waals surface area contributed by atoms with Gasteiger partial charge in [-0.1, -0.05) is 30.3 Å². The average Bonchev–Trinajstić information content (AvgIpc) is 3.20. The lowest BCUT2D eigenvalue weighted by atomic mass is 9.89. The van der Waals surface area contributed by atoms with Gasteiger partial charge in [-0.3, -0.25) is 0 Å². The third-order valence-electron chi connectivity index (χ3n) is 6.57. The Morgan fingerprint density at radius 2 is 1.69 bits per heavy atom. The maximum absolute atomic E-state index is 10.4. The van der Waals surface area contributed by atoms with E-state index in [-0.39, 0.29) is 12.2 Å². The summed E-state index contributed by atoms with van der Waals surface area (Å²) in [5.41, 5.74) is 3.91. The topological polar surface area (TPSA) is 120 Å². The van der Waals surface area contributed by atoms with Crippen LogP contribution in [0.15, 0.2) is 42.5 Å². The molecule has 1 aliphatic carbocycles. The van der Waals surface area contributed by atoms with Crippen molar-refractivity contribution in [3.05, 3.63) is 64.7 Å². The molecule has 1 aliphatic heterocycles. The number of aryl methyl sites for hydroxylation is 1. The number of hydrogen-bond acceptors (Lipinski definition) is 7. The van der Waals surface area contributed by atoms with Gasteiger partial charge in [0.15, 0.2) is 0 Å². The van der Waals surface area contributed by atoms with Crippen LogP contribution in [0.3, 0.4) is 0 Å². The Kier molecular flexibility index (Phi) is 7.14. The number of rotatable bonds is 6. The van der Waals surface area contributed by atoms with Crippen LogP contribution >= 0.6 is 0 Å². The van der Waals surface area contributed by atoms with E-state index in [0.29, 0.717) is 18.4 Å². The minimum Gasteiger partial charge on any atom is -0.490 e. The highest BCUT2D eigenvalue weighted by atomic mass is 16.5. The lowest BCUT2D eigenvalue weighted by Crippen LogP contribution is -2.55. The molecule has 0 spiro atoms. The van der Waals surface area contributed by atoms with Gasteiger partial charge in [0, 0.05) is 6.42 Å². The predicted octanol–water partition coefficient (Wildman–Crippen LogP) is 1.39. The van der Waals surface area contributed by atoms with Crippen molar-refractivity contribution >= 4 is 0 Å². The molecular weight excluding hydrogens is 412 g/mol. The molecule has 32 heavy (non-hydrogen) atoms. The average molecular weight is 445 g/mol. The Bertz CT molecular complexity index is 898. The second-order valence-electron chi connectivity index (χ2n) is 8.96. The lowest BCUT2D eigenvalue weighted by Gasteiger charge is -2.40. The van der Waals surface area contributed by atoms with Crippen LogP contribution in [0.2, 0.25) is 0 Å². The zero-order chi connectivity index (χ0) is 22.8. The molecule has 1 heterocycles. The van der Waals surface area contributed by atoms with Crippen LogP contribution in [-0.4, -0.2) is 68.8 Å². The van der Waals surface area contributed by atoms with E-state index in [0.717, 1.165) is 35.3 Å². The normalized spacial score (nSPS) is 32.8. The molecule has 2 aliphatic rings. The zero-order valence-corrected chi connectivity index (χ0v) is 18.2. The molecule has 2 aromatic rings. The van der Waals surface area contributed by atoms with Gasteiger partial charge in [0.05, 0.1) is 12.7 Å². The third-order valence-corrected chi connectivity index (χ3v) is 6.57. The fourth-order valence-electron chi connectivity index (χ4n) is 4.56. The molecule has 7 nitrogen and oxygen atoms in total. The smallest absolute Gasteiger partial charge is 0.119 e. The van der Waals surface area contributed by atoms with Crippen molar-refractivity contribution in [2.45, 2.75) is 75.3 Å². The van der Waals surface area contributed by atoms with Crippen LogP contribution in [0.5, 0.6) is 5.75 Å². The van der Waals surface area contributed by atoms with Gasteiger partial charge in [0.25, 0.3) is 0 Å². The number of ether oxygens (including phenoxy) is 2. The Labute approximate surface area is 187 Å². The summed E-state index contributed by atoms with van der Waals surface area (Å²) in [5.74, 6) is 0.791.